The fourth-order valence-corrected chi connectivity index (χ4v) is 1.02. The quantitative estimate of drug-likeness (QED) is 0.485. The Kier molecular flexibility index (Phi) is 2.76. The third-order valence-electron chi connectivity index (χ3n) is 1.84. The second kappa shape index (κ2) is 3.64. The lowest BCUT2D eigenvalue weighted by Gasteiger charge is -2.30. The smallest absolute Gasteiger partial charge is 0.336 e. The first-order chi connectivity index (χ1) is 6.03. The monoisotopic (exact) mass is 182 g/mol. The third kappa shape index (κ3) is 2.61. The molecule has 0 aliphatic carbocycles. The Morgan fingerprint density at radius 2 is 2.38 bits per heavy atom. The van der Waals surface area contributed by atoms with Crippen molar-refractivity contribution in [2.45, 2.75) is 32.5 Å². The molecule has 72 valence electrons. The Morgan fingerprint density at radius 3 is 2.85 bits per heavy atom. The Hall–Kier alpha value is -1.25. The lowest BCUT2D eigenvalue weighted by molar-refractivity contribution is -0.205. The molecule has 1 unspecified atom stereocenters. The number of carbonyl (C=O) groups excluding carboxylic acids is 1. The molecular formula is C10H14O3. The molecule has 0 aromatic carbocycles. The van der Waals surface area contributed by atoms with Crippen LogP contribution in [0.15, 0.2) is 24.5 Å². The molecule has 3 heteroatoms. The summed E-state index contributed by atoms with van der Waals surface area (Å²) in [5.74, 6) is -1.22. The van der Waals surface area contributed by atoms with Gasteiger partial charge in [-0.15, -0.1) is 0 Å². The minimum Gasteiger partial charge on any atom is -0.460 e. The zero-order valence-corrected chi connectivity index (χ0v) is 8.00. The van der Waals surface area contributed by atoms with Crippen molar-refractivity contribution >= 4 is 5.97 Å². The molecule has 1 heterocycles. The van der Waals surface area contributed by atoms with E-state index >= 15 is 0 Å². The fraction of sp³-hybridized carbons (Fsp3) is 0.500. The van der Waals surface area contributed by atoms with Gasteiger partial charge in [0.15, 0.2) is 0 Å². The van der Waals surface area contributed by atoms with Crippen LogP contribution in [0.1, 0.15) is 26.7 Å². The number of esters is 1. The lowest BCUT2D eigenvalue weighted by atomic mass is 10.1. The highest BCUT2D eigenvalue weighted by atomic mass is 16.7. The minimum absolute atomic E-state index is 0.388. The van der Waals surface area contributed by atoms with Gasteiger partial charge in [-0.1, -0.05) is 6.58 Å². The molecule has 0 N–H and O–H groups in total. The molecule has 0 bridgehead atoms. The molecular weight excluding hydrogens is 168 g/mol. The lowest BCUT2D eigenvalue weighted by Crippen LogP contribution is -2.34. The number of ether oxygens (including phenoxy) is 2. The number of rotatable bonds is 2. The Balaban J connectivity index is 2.56. The van der Waals surface area contributed by atoms with E-state index in [1.54, 1.807) is 20.1 Å². The van der Waals surface area contributed by atoms with Crippen molar-refractivity contribution in [2.75, 3.05) is 0 Å². The number of carbonyl (C=O) groups is 1. The van der Waals surface area contributed by atoms with Crippen molar-refractivity contribution in [3.8, 4) is 0 Å². The second-order valence-electron chi connectivity index (χ2n) is 3.33. The maximum atomic E-state index is 11.2. The zero-order chi connectivity index (χ0) is 9.90. The van der Waals surface area contributed by atoms with Crippen molar-refractivity contribution in [2.24, 2.45) is 0 Å². The van der Waals surface area contributed by atoms with Crippen LogP contribution >= 0.6 is 0 Å². The third-order valence-corrected chi connectivity index (χ3v) is 1.84. The van der Waals surface area contributed by atoms with Gasteiger partial charge >= 0.3 is 5.97 Å². The van der Waals surface area contributed by atoms with Crippen LogP contribution in [0.3, 0.4) is 0 Å². The highest BCUT2D eigenvalue weighted by molar-refractivity contribution is 5.87. The summed E-state index contributed by atoms with van der Waals surface area (Å²) in [5.41, 5.74) is 0.388. The predicted molar refractivity (Wildman–Crippen MR) is 48.8 cm³/mol. The average Bonchev–Trinajstić information content (AvgIpc) is 2.04. The van der Waals surface area contributed by atoms with E-state index in [9.17, 15) is 4.79 Å². The van der Waals surface area contributed by atoms with Gasteiger partial charge in [0.05, 0.1) is 6.26 Å². The zero-order valence-electron chi connectivity index (χ0n) is 8.00. The van der Waals surface area contributed by atoms with E-state index in [1.165, 1.54) is 0 Å². The van der Waals surface area contributed by atoms with Crippen LogP contribution in [0, 0.1) is 0 Å². The van der Waals surface area contributed by atoms with Crippen LogP contribution < -0.4 is 0 Å². The molecule has 1 atom stereocenters. The summed E-state index contributed by atoms with van der Waals surface area (Å²) in [5, 5.41) is 0. The topological polar surface area (TPSA) is 35.5 Å². The summed E-state index contributed by atoms with van der Waals surface area (Å²) < 4.78 is 10.3. The molecule has 1 aliphatic rings. The summed E-state index contributed by atoms with van der Waals surface area (Å²) in [6.07, 6.45) is 5.01. The van der Waals surface area contributed by atoms with E-state index in [0.717, 1.165) is 6.42 Å². The van der Waals surface area contributed by atoms with Crippen LogP contribution in [0.5, 0.6) is 0 Å². The van der Waals surface area contributed by atoms with Crippen LogP contribution in [0.25, 0.3) is 0 Å². The highest BCUT2D eigenvalue weighted by Gasteiger charge is 2.30. The Bertz CT molecular complexity index is 255. The maximum absolute atomic E-state index is 11.2. The molecule has 13 heavy (non-hydrogen) atoms. The van der Waals surface area contributed by atoms with Gasteiger partial charge in [0.1, 0.15) is 0 Å². The minimum atomic E-state index is -0.815. The molecule has 0 aromatic heterocycles. The van der Waals surface area contributed by atoms with E-state index in [1.807, 2.05) is 6.08 Å². The van der Waals surface area contributed by atoms with E-state index in [0.29, 0.717) is 12.0 Å². The first-order valence-electron chi connectivity index (χ1n) is 4.25. The predicted octanol–water partition coefficient (Wildman–Crippen LogP) is 2.15. The molecule has 0 spiro atoms. The maximum Gasteiger partial charge on any atom is 0.336 e. The van der Waals surface area contributed by atoms with Crippen LogP contribution in [-0.2, 0) is 14.3 Å². The van der Waals surface area contributed by atoms with Gasteiger partial charge in [0, 0.05) is 18.9 Å². The molecule has 0 radical (unpaired) electrons. The van der Waals surface area contributed by atoms with E-state index < -0.39 is 11.8 Å². The second-order valence-corrected chi connectivity index (χ2v) is 3.33. The standard InChI is InChI=1S/C10H14O3/c1-8(2)9(11)13-10(3)6-4-5-7-12-10/h5,7H,1,4,6H2,2-3H3. The molecule has 0 aromatic rings. The van der Waals surface area contributed by atoms with Crippen LogP contribution in [0.2, 0.25) is 0 Å². The SMILES string of the molecule is C=C(C)C(=O)OC1(C)CCC=CO1. The van der Waals surface area contributed by atoms with E-state index in [2.05, 4.69) is 6.58 Å². The van der Waals surface area contributed by atoms with Gasteiger partial charge in [0.2, 0.25) is 0 Å². The molecule has 0 saturated heterocycles. The van der Waals surface area contributed by atoms with Crippen molar-refractivity contribution in [3.63, 3.8) is 0 Å². The van der Waals surface area contributed by atoms with Crippen molar-refractivity contribution in [1.29, 1.82) is 0 Å². The molecule has 1 aliphatic heterocycles. The molecule has 0 amide bonds. The van der Waals surface area contributed by atoms with Crippen LogP contribution in [0.4, 0.5) is 0 Å². The Labute approximate surface area is 78.0 Å². The highest BCUT2D eigenvalue weighted by Crippen LogP contribution is 2.24. The van der Waals surface area contributed by atoms with Gasteiger partial charge in [-0.25, -0.2) is 4.79 Å². The van der Waals surface area contributed by atoms with Gasteiger partial charge in [-0.3, -0.25) is 0 Å². The van der Waals surface area contributed by atoms with E-state index in [4.69, 9.17) is 9.47 Å². The first-order valence-corrected chi connectivity index (χ1v) is 4.25. The fourth-order valence-electron chi connectivity index (χ4n) is 1.02. The summed E-state index contributed by atoms with van der Waals surface area (Å²) in [7, 11) is 0. The summed E-state index contributed by atoms with van der Waals surface area (Å²) in [6, 6.07) is 0. The number of hydrogen-bond donors (Lipinski definition) is 0. The first kappa shape index (κ1) is 9.84. The number of hydrogen-bond acceptors (Lipinski definition) is 3. The summed E-state index contributed by atoms with van der Waals surface area (Å²) in [4.78, 5) is 11.2. The van der Waals surface area contributed by atoms with E-state index in [-0.39, 0.29) is 0 Å². The van der Waals surface area contributed by atoms with Gasteiger partial charge in [0.25, 0.3) is 5.79 Å². The summed E-state index contributed by atoms with van der Waals surface area (Å²) >= 11 is 0. The Morgan fingerprint density at radius 1 is 1.69 bits per heavy atom. The van der Waals surface area contributed by atoms with Gasteiger partial charge < -0.3 is 9.47 Å². The van der Waals surface area contributed by atoms with Crippen molar-refractivity contribution in [1.82, 2.24) is 0 Å². The van der Waals surface area contributed by atoms with Crippen molar-refractivity contribution < 1.29 is 14.3 Å². The molecule has 1 rings (SSSR count). The van der Waals surface area contributed by atoms with Gasteiger partial charge in [-0.05, 0) is 19.4 Å². The normalized spacial score (nSPS) is 26.3. The number of allylic oxidation sites excluding steroid dienone is 1. The summed E-state index contributed by atoms with van der Waals surface area (Å²) in [6.45, 7) is 6.87. The average molecular weight is 182 g/mol. The molecule has 0 fully saturated rings. The largest absolute Gasteiger partial charge is 0.460 e. The van der Waals surface area contributed by atoms with Crippen LogP contribution in [-0.4, -0.2) is 11.8 Å². The molecule has 0 saturated carbocycles. The molecule has 3 nitrogen and oxygen atoms in total. The van der Waals surface area contributed by atoms with Crippen molar-refractivity contribution in [3.05, 3.63) is 24.5 Å². The van der Waals surface area contributed by atoms with Gasteiger partial charge in [-0.2, -0.15) is 0 Å².